The van der Waals surface area contributed by atoms with Crippen LogP contribution in [-0.4, -0.2) is 0 Å². The maximum atomic E-state index is 3.85. The van der Waals surface area contributed by atoms with Gasteiger partial charge in [-0.25, -0.2) is 0 Å². The van der Waals surface area contributed by atoms with Gasteiger partial charge in [0.1, 0.15) is 0 Å². The van der Waals surface area contributed by atoms with Crippen LogP contribution >= 0.6 is 0 Å². The van der Waals surface area contributed by atoms with E-state index >= 15 is 0 Å². The van der Waals surface area contributed by atoms with Crippen molar-refractivity contribution in [2.45, 2.75) is 27.7 Å². The Morgan fingerprint density at radius 2 is 1.23 bits per heavy atom. The minimum absolute atomic E-state index is 0.174. The summed E-state index contributed by atoms with van der Waals surface area (Å²) in [5.41, 5.74) is 5.49. The van der Waals surface area contributed by atoms with Crippen LogP contribution in [0.25, 0.3) is 0 Å². The molecular formula is C13H18. The molecule has 0 saturated heterocycles. The number of hydrogen-bond donors (Lipinski definition) is 0. The molecule has 1 rings (SSSR count). The first kappa shape index (κ1) is 10.0. The Morgan fingerprint density at radius 3 is 1.46 bits per heavy atom. The molecule has 0 fully saturated rings. The highest BCUT2D eigenvalue weighted by Crippen LogP contribution is 2.46. The van der Waals surface area contributed by atoms with Crippen LogP contribution in [0.5, 0.6) is 0 Å². The molecule has 0 radical (unpaired) electrons. The van der Waals surface area contributed by atoms with E-state index < -0.39 is 0 Å². The predicted octanol–water partition coefficient (Wildman–Crippen LogP) is 4.03. The number of hydrogen-bond acceptors (Lipinski definition) is 0. The van der Waals surface area contributed by atoms with E-state index in [4.69, 9.17) is 0 Å². The second-order valence-electron chi connectivity index (χ2n) is 4.11. The lowest BCUT2D eigenvalue weighted by molar-refractivity contribution is 0.548. The van der Waals surface area contributed by atoms with Gasteiger partial charge in [-0.15, -0.1) is 0 Å². The fourth-order valence-corrected chi connectivity index (χ4v) is 1.88. The van der Waals surface area contributed by atoms with Gasteiger partial charge in [0.25, 0.3) is 0 Å². The minimum atomic E-state index is 0.174. The molecule has 13 heavy (non-hydrogen) atoms. The summed E-state index contributed by atoms with van der Waals surface area (Å²) in [6.07, 6.45) is 3.87. The van der Waals surface area contributed by atoms with Crippen LogP contribution in [-0.2, 0) is 0 Å². The van der Waals surface area contributed by atoms with Gasteiger partial charge in [0.15, 0.2) is 0 Å². The SMILES string of the molecule is C=CC1=C(C)C(C)(C)C(C)=C1C=C. The molecule has 0 heteroatoms. The van der Waals surface area contributed by atoms with E-state index in [9.17, 15) is 0 Å². The molecule has 0 heterocycles. The minimum Gasteiger partial charge on any atom is -0.0984 e. The van der Waals surface area contributed by atoms with Crippen LogP contribution in [0, 0.1) is 5.41 Å². The zero-order chi connectivity index (χ0) is 10.2. The van der Waals surface area contributed by atoms with Crippen LogP contribution < -0.4 is 0 Å². The smallest absolute Gasteiger partial charge is 0.00769 e. The summed E-state index contributed by atoms with van der Waals surface area (Å²) >= 11 is 0. The van der Waals surface area contributed by atoms with Gasteiger partial charge in [0, 0.05) is 5.41 Å². The Balaban J connectivity index is 3.42. The molecule has 1 aliphatic rings. The fraction of sp³-hybridized carbons (Fsp3) is 0.385. The molecule has 0 saturated carbocycles. The molecule has 0 aromatic heterocycles. The molecule has 0 N–H and O–H groups in total. The van der Waals surface area contributed by atoms with E-state index in [1.807, 2.05) is 12.2 Å². The van der Waals surface area contributed by atoms with E-state index in [1.54, 1.807) is 0 Å². The van der Waals surface area contributed by atoms with Crippen LogP contribution in [0.1, 0.15) is 27.7 Å². The zero-order valence-electron chi connectivity index (χ0n) is 9.07. The summed E-state index contributed by atoms with van der Waals surface area (Å²) in [4.78, 5) is 0. The van der Waals surface area contributed by atoms with Crippen molar-refractivity contribution in [1.29, 1.82) is 0 Å². The fourth-order valence-electron chi connectivity index (χ4n) is 1.88. The molecule has 0 atom stereocenters. The van der Waals surface area contributed by atoms with Crippen molar-refractivity contribution in [3.05, 3.63) is 47.6 Å². The monoisotopic (exact) mass is 174 g/mol. The van der Waals surface area contributed by atoms with Crippen molar-refractivity contribution in [2.24, 2.45) is 5.41 Å². The normalized spacial score (nSPS) is 20.9. The maximum absolute atomic E-state index is 3.85. The number of allylic oxidation sites excluding steroid dienone is 6. The Kier molecular flexibility index (Phi) is 2.34. The third-order valence-corrected chi connectivity index (χ3v) is 3.38. The van der Waals surface area contributed by atoms with Gasteiger partial charge in [0.2, 0.25) is 0 Å². The van der Waals surface area contributed by atoms with Crippen molar-refractivity contribution in [1.82, 2.24) is 0 Å². The molecular weight excluding hydrogens is 156 g/mol. The van der Waals surface area contributed by atoms with Crippen molar-refractivity contribution in [3.8, 4) is 0 Å². The van der Waals surface area contributed by atoms with E-state index in [1.165, 1.54) is 22.3 Å². The summed E-state index contributed by atoms with van der Waals surface area (Å²) in [6, 6.07) is 0. The number of rotatable bonds is 2. The molecule has 0 nitrogen and oxygen atoms in total. The first-order valence-corrected chi connectivity index (χ1v) is 4.64. The summed E-state index contributed by atoms with van der Waals surface area (Å²) < 4.78 is 0. The van der Waals surface area contributed by atoms with Crippen molar-refractivity contribution < 1.29 is 0 Å². The first-order valence-electron chi connectivity index (χ1n) is 4.64. The average Bonchev–Trinajstić information content (AvgIpc) is 2.26. The highest BCUT2D eigenvalue weighted by molar-refractivity contribution is 5.59. The highest BCUT2D eigenvalue weighted by Gasteiger charge is 2.32. The first-order chi connectivity index (χ1) is 5.96. The van der Waals surface area contributed by atoms with Crippen LogP contribution in [0.2, 0.25) is 0 Å². The third kappa shape index (κ3) is 1.21. The Morgan fingerprint density at radius 1 is 0.923 bits per heavy atom. The topological polar surface area (TPSA) is 0 Å². The summed E-state index contributed by atoms with van der Waals surface area (Å²) in [7, 11) is 0. The Labute approximate surface area is 81.4 Å². The molecule has 0 aromatic rings. The second-order valence-corrected chi connectivity index (χ2v) is 4.11. The van der Waals surface area contributed by atoms with E-state index in [-0.39, 0.29) is 5.41 Å². The average molecular weight is 174 g/mol. The summed E-state index contributed by atoms with van der Waals surface area (Å²) in [6.45, 7) is 16.6. The zero-order valence-corrected chi connectivity index (χ0v) is 9.07. The van der Waals surface area contributed by atoms with Crippen molar-refractivity contribution in [3.63, 3.8) is 0 Å². The van der Waals surface area contributed by atoms with Crippen molar-refractivity contribution >= 4 is 0 Å². The molecule has 0 aromatic carbocycles. The lowest BCUT2D eigenvalue weighted by atomic mass is 9.82. The maximum Gasteiger partial charge on any atom is 0.00769 e. The van der Waals surface area contributed by atoms with Gasteiger partial charge in [0.05, 0.1) is 0 Å². The van der Waals surface area contributed by atoms with Gasteiger partial charge in [-0.05, 0) is 25.0 Å². The van der Waals surface area contributed by atoms with E-state index in [2.05, 4.69) is 40.9 Å². The van der Waals surface area contributed by atoms with Crippen LogP contribution in [0.3, 0.4) is 0 Å². The quantitative estimate of drug-likeness (QED) is 0.593. The highest BCUT2D eigenvalue weighted by atomic mass is 14.4. The molecule has 0 unspecified atom stereocenters. The second kappa shape index (κ2) is 3.02. The molecule has 0 amide bonds. The Bertz CT molecular complexity index is 290. The predicted molar refractivity (Wildman–Crippen MR) is 59.6 cm³/mol. The molecule has 0 spiro atoms. The van der Waals surface area contributed by atoms with Gasteiger partial charge in [-0.2, -0.15) is 0 Å². The van der Waals surface area contributed by atoms with Crippen LogP contribution in [0.4, 0.5) is 0 Å². The van der Waals surface area contributed by atoms with Crippen LogP contribution in [0.15, 0.2) is 47.6 Å². The Hall–Kier alpha value is -1.04. The standard InChI is InChI=1S/C13H18/c1-7-11-9(3)13(5,6)10(4)12(11)8-2/h7-8H,1-2H2,3-6H3. The lowest BCUT2D eigenvalue weighted by Crippen LogP contribution is -2.11. The third-order valence-electron chi connectivity index (χ3n) is 3.38. The van der Waals surface area contributed by atoms with Gasteiger partial charge in [-0.3, -0.25) is 0 Å². The van der Waals surface area contributed by atoms with E-state index in [0.717, 1.165) is 0 Å². The van der Waals surface area contributed by atoms with E-state index in [0.29, 0.717) is 0 Å². The van der Waals surface area contributed by atoms with Gasteiger partial charge < -0.3 is 0 Å². The van der Waals surface area contributed by atoms with Gasteiger partial charge >= 0.3 is 0 Å². The van der Waals surface area contributed by atoms with Crippen molar-refractivity contribution in [2.75, 3.05) is 0 Å². The molecule has 0 bridgehead atoms. The van der Waals surface area contributed by atoms with Gasteiger partial charge in [-0.1, -0.05) is 50.3 Å². The summed E-state index contributed by atoms with van der Waals surface area (Å²) in [5, 5.41) is 0. The molecule has 0 aliphatic heterocycles. The molecule has 1 aliphatic carbocycles. The summed E-state index contributed by atoms with van der Waals surface area (Å²) in [5.74, 6) is 0. The molecule has 70 valence electrons. The largest absolute Gasteiger partial charge is 0.0984 e. The lowest BCUT2D eigenvalue weighted by Gasteiger charge is -2.22.